The Hall–Kier alpha value is -2.48. The lowest BCUT2D eigenvalue weighted by Crippen LogP contribution is -2.44. The molecule has 1 amide bonds. The van der Waals surface area contributed by atoms with E-state index in [4.69, 9.17) is 4.98 Å². The third kappa shape index (κ3) is 4.18. The van der Waals surface area contributed by atoms with Gasteiger partial charge in [-0.2, -0.15) is 5.10 Å². The van der Waals surface area contributed by atoms with Crippen molar-refractivity contribution >= 4 is 5.91 Å². The second kappa shape index (κ2) is 8.57. The van der Waals surface area contributed by atoms with E-state index in [1.165, 1.54) is 25.7 Å². The van der Waals surface area contributed by atoms with Gasteiger partial charge in [0.2, 0.25) is 0 Å². The Balaban J connectivity index is 1.30. The van der Waals surface area contributed by atoms with Crippen molar-refractivity contribution in [3.63, 3.8) is 0 Å². The third-order valence-corrected chi connectivity index (χ3v) is 7.44. The van der Waals surface area contributed by atoms with Crippen LogP contribution in [0.3, 0.4) is 0 Å². The van der Waals surface area contributed by atoms with E-state index in [1.54, 1.807) is 12.3 Å². The average Bonchev–Trinajstić information content (AvgIpc) is 3.34. The fourth-order valence-corrected chi connectivity index (χ4v) is 5.51. The van der Waals surface area contributed by atoms with Crippen LogP contribution in [-0.4, -0.2) is 61.5 Å². The molecule has 2 aliphatic heterocycles. The monoisotopic (exact) mass is 424 g/mol. The Kier molecular flexibility index (Phi) is 5.65. The lowest BCUT2D eigenvalue weighted by molar-refractivity contribution is 0.0698. The van der Waals surface area contributed by atoms with E-state index in [0.717, 1.165) is 55.4 Å². The van der Waals surface area contributed by atoms with Crippen LogP contribution in [0.25, 0.3) is 0 Å². The summed E-state index contributed by atoms with van der Waals surface area (Å²) in [6.45, 7) is 5.33. The normalized spacial score (nSPS) is 27.1. The van der Waals surface area contributed by atoms with Gasteiger partial charge in [-0.1, -0.05) is 6.92 Å². The van der Waals surface area contributed by atoms with Crippen LogP contribution in [0.2, 0.25) is 0 Å². The van der Waals surface area contributed by atoms with Gasteiger partial charge in [0.1, 0.15) is 11.5 Å². The second-order valence-corrected chi connectivity index (χ2v) is 9.57. The number of nitrogens with one attached hydrogen (secondary N) is 2. The summed E-state index contributed by atoms with van der Waals surface area (Å²) in [6, 6.07) is 2.30. The Labute approximate surface area is 182 Å². The van der Waals surface area contributed by atoms with Gasteiger partial charge in [-0.05, 0) is 50.5 Å². The molecule has 0 spiro atoms. The number of H-pyrrole nitrogens is 2. The number of carbonyl (C=O) groups excluding carboxylic acids is 1. The first-order valence-corrected chi connectivity index (χ1v) is 11.7. The zero-order chi connectivity index (χ0) is 21.4. The third-order valence-electron chi connectivity index (χ3n) is 7.44. The number of likely N-dealkylation sites (tertiary alicyclic amines) is 1. The Morgan fingerprint density at radius 1 is 1.16 bits per heavy atom. The highest BCUT2D eigenvalue weighted by Crippen LogP contribution is 2.30. The van der Waals surface area contributed by atoms with Crippen molar-refractivity contribution in [2.24, 2.45) is 5.92 Å². The molecule has 0 bridgehead atoms. The Bertz CT molecular complexity index is 976. The summed E-state index contributed by atoms with van der Waals surface area (Å²) in [7, 11) is 0. The van der Waals surface area contributed by atoms with Crippen molar-refractivity contribution in [1.82, 2.24) is 30.0 Å². The molecule has 2 N–H and O–H groups in total. The SMILES string of the molecule is CC1CCC(N2CCc3nc(C4CCCN(C(=O)c5ccn[nH]5)C4)[nH]c(=O)c3C2)CC1. The van der Waals surface area contributed by atoms with E-state index in [-0.39, 0.29) is 17.4 Å². The molecule has 0 radical (unpaired) electrons. The minimum atomic E-state index is -0.0417. The van der Waals surface area contributed by atoms with Gasteiger partial charge < -0.3 is 9.88 Å². The molecule has 1 unspecified atom stereocenters. The van der Waals surface area contributed by atoms with Crippen LogP contribution in [0, 0.1) is 5.92 Å². The van der Waals surface area contributed by atoms with Crippen molar-refractivity contribution in [2.75, 3.05) is 19.6 Å². The molecular weight excluding hydrogens is 392 g/mol. The molecule has 1 aliphatic carbocycles. The maximum absolute atomic E-state index is 13.0. The summed E-state index contributed by atoms with van der Waals surface area (Å²) in [5.74, 6) is 1.60. The molecule has 2 fully saturated rings. The van der Waals surface area contributed by atoms with E-state index < -0.39 is 0 Å². The van der Waals surface area contributed by atoms with Crippen molar-refractivity contribution in [3.8, 4) is 0 Å². The highest BCUT2D eigenvalue weighted by molar-refractivity contribution is 5.92. The molecular formula is C23H32N6O2. The maximum Gasteiger partial charge on any atom is 0.271 e. The number of piperidine rings is 1. The molecule has 1 atom stereocenters. The molecule has 31 heavy (non-hydrogen) atoms. The molecule has 2 aromatic rings. The summed E-state index contributed by atoms with van der Waals surface area (Å²) in [6.07, 6.45) is 9.31. The van der Waals surface area contributed by atoms with E-state index in [2.05, 4.69) is 27.0 Å². The summed E-state index contributed by atoms with van der Waals surface area (Å²) in [5.41, 5.74) is 2.31. The van der Waals surface area contributed by atoms with Crippen LogP contribution in [0.5, 0.6) is 0 Å². The fourth-order valence-electron chi connectivity index (χ4n) is 5.51. The first-order chi connectivity index (χ1) is 15.1. The van der Waals surface area contributed by atoms with Crippen LogP contribution >= 0.6 is 0 Å². The topological polar surface area (TPSA) is 98.0 Å². The van der Waals surface area contributed by atoms with Crippen LogP contribution in [0.4, 0.5) is 0 Å². The van der Waals surface area contributed by atoms with Crippen molar-refractivity contribution in [2.45, 2.75) is 70.4 Å². The van der Waals surface area contributed by atoms with Crippen LogP contribution in [0.15, 0.2) is 17.1 Å². The first kappa shape index (κ1) is 20.4. The highest BCUT2D eigenvalue weighted by Gasteiger charge is 2.31. The highest BCUT2D eigenvalue weighted by atomic mass is 16.2. The number of aromatic amines is 2. The van der Waals surface area contributed by atoms with Crippen LogP contribution in [0.1, 0.15) is 78.9 Å². The van der Waals surface area contributed by atoms with E-state index in [0.29, 0.717) is 24.8 Å². The van der Waals surface area contributed by atoms with Crippen molar-refractivity contribution < 1.29 is 4.79 Å². The molecule has 0 aromatic carbocycles. The van der Waals surface area contributed by atoms with Gasteiger partial charge in [0.05, 0.1) is 11.3 Å². The van der Waals surface area contributed by atoms with Crippen LogP contribution in [-0.2, 0) is 13.0 Å². The Morgan fingerprint density at radius 2 is 2.00 bits per heavy atom. The molecule has 2 aromatic heterocycles. The molecule has 3 aliphatic rings. The number of hydrogen-bond acceptors (Lipinski definition) is 5. The predicted octanol–water partition coefficient (Wildman–Crippen LogP) is 2.45. The van der Waals surface area contributed by atoms with Gasteiger partial charge in [0, 0.05) is 50.8 Å². The molecule has 1 saturated carbocycles. The van der Waals surface area contributed by atoms with Gasteiger partial charge in [0.15, 0.2) is 0 Å². The van der Waals surface area contributed by atoms with Gasteiger partial charge in [0.25, 0.3) is 11.5 Å². The molecule has 8 nitrogen and oxygen atoms in total. The number of rotatable bonds is 3. The van der Waals surface area contributed by atoms with Crippen molar-refractivity contribution in [3.05, 3.63) is 45.4 Å². The van der Waals surface area contributed by atoms with E-state index >= 15 is 0 Å². The van der Waals surface area contributed by atoms with Gasteiger partial charge in [-0.15, -0.1) is 0 Å². The summed E-state index contributed by atoms with van der Waals surface area (Å²) in [4.78, 5) is 38.0. The molecule has 4 heterocycles. The quantitative estimate of drug-likeness (QED) is 0.789. The zero-order valence-electron chi connectivity index (χ0n) is 18.3. The Morgan fingerprint density at radius 3 is 2.77 bits per heavy atom. The molecule has 166 valence electrons. The molecule has 8 heteroatoms. The second-order valence-electron chi connectivity index (χ2n) is 9.57. The standard InChI is InChI=1S/C23H32N6O2/c1-15-4-6-17(7-5-15)28-12-9-19-18(14-28)22(30)26-21(25-19)16-3-2-11-29(13-16)23(31)20-8-10-24-27-20/h8,10,15-17H,2-7,9,11-14H2,1H3,(H,24,27)(H,25,26,30). The van der Waals surface area contributed by atoms with Crippen molar-refractivity contribution in [1.29, 1.82) is 0 Å². The summed E-state index contributed by atoms with van der Waals surface area (Å²) in [5, 5.41) is 6.64. The summed E-state index contributed by atoms with van der Waals surface area (Å²) < 4.78 is 0. The average molecular weight is 425 g/mol. The van der Waals surface area contributed by atoms with E-state index in [1.807, 2.05) is 4.90 Å². The van der Waals surface area contributed by atoms with Crippen LogP contribution < -0.4 is 5.56 Å². The number of carbonyl (C=O) groups is 1. The largest absolute Gasteiger partial charge is 0.337 e. The number of aromatic nitrogens is 4. The lowest BCUT2D eigenvalue weighted by Gasteiger charge is -2.38. The van der Waals surface area contributed by atoms with Gasteiger partial charge in [-0.25, -0.2) is 4.98 Å². The number of amides is 1. The first-order valence-electron chi connectivity index (χ1n) is 11.7. The van der Waals surface area contributed by atoms with Gasteiger partial charge >= 0.3 is 0 Å². The number of hydrogen-bond donors (Lipinski definition) is 2. The predicted molar refractivity (Wildman–Crippen MR) is 117 cm³/mol. The summed E-state index contributed by atoms with van der Waals surface area (Å²) >= 11 is 0. The van der Waals surface area contributed by atoms with E-state index in [9.17, 15) is 9.59 Å². The smallest absolute Gasteiger partial charge is 0.271 e. The zero-order valence-corrected chi connectivity index (χ0v) is 18.3. The number of nitrogens with zero attached hydrogens (tertiary/aromatic N) is 4. The lowest BCUT2D eigenvalue weighted by atomic mass is 9.86. The van der Waals surface area contributed by atoms with Gasteiger partial charge in [-0.3, -0.25) is 19.6 Å². The minimum Gasteiger partial charge on any atom is -0.337 e. The molecule has 5 rings (SSSR count). The maximum atomic E-state index is 13.0. The fraction of sp³-hybridized carbons (Fsp3) is 0.652. The minimum absolute atomic E-state index is 0.00546. The molecule has 1 saturated heterocycles. The number of fused-ring (bicyclic) bond motifs is 1.